The Balaban J connectivity index is 0.00000256. The summed E-state index contributed by atoms with van der Waals surface area (Å²) in [5.41, 5.74) is 3.88. The van der Waals surface area contributed by atoms with Crippen LogP contribution in [0.4, 0.5) is 11.4 Å². The summed E-state index contributed by atoms with van der Waals surface area (Å²) in [7, 11) is -0.763. The van der Waals surface area contributed by atoms with E-state index in [9.17, 15) is 8.42 Å². The molecule has 1 N–H and O–H groups in total. The minimum absolute atomic E-state index is 0. The Hall–Kier alpha value is -2.54. The van der Waals surface area contributed by atoms with Gasteiger partial charge in [-0.05, 0) is 37.3 Å². The van der Waals surface area contributed by atoms with Crippen LogP contribution in [-0.4, -0.2) is 8.42 Å². The molecule has 0 aliphatic carbocycles. The molecule has 0 aliphatic heterocycles. The smallest absolute Gasteiger partial charge is 0.234 e. The van der Waals surface area contributed by atoms with E-state index in [1.54, 1.807) is 24.3 Å². The van der Waals surface area contributed by atoms with Crippen molar-refractivity contribution < 1.29 is 25.4 Å². The molecule has 0 saturated carbocycles. The number of benzene rings is 3. The van der Waals surface area contributed by atoms with Gasteiger partial charge in [-0.2, -0.15) is 4.57 Å². The molecule has 0 bridgehead atoms. The Morgan fingerprint density at radius 1 is 0.867 bits per heavy atom. The van der Waals surface area contributed by atoms with E-state index >= 15 is 0 Å². The topological polar surface area (TPSA) is 50.1 Å². The first kappa shape index (κ1) is 22.2. The van der Waals surface area contributed by atoms with Crippen molar-refractivity contribution in [1.82, 2.24) is 0 Å². The first-order valence-corrected chi connectivity index (χ1v) is 12.0. The Kier molecular flexibility index (Phi) is 6.71. The second-order valence-corrected chi connectivity index (χ2v) is 10.6. The molecule has 0 spiro atoms. The van der Waals surface area contributed by atoms with Crippen LogP contribution < -0.4 is 22.3 Å². The molecular formula is C23H21ClN2O2S2. The first-order chi connectivity index (χ1) is 13.9. The molecule has 0 fully saturated rings. The number of aryl methyl sites for hydroxylation is 2. The van der Waals surface area contributed by atoms with Gasteiger partial charge in [0.1, 0.15) is 11.9 Å². The van der Waals surface area contributed by atoms with Crippen molar-refractivity contribution in [3.63, 3.8) is 0 Å². The average Bonchev–Trinajstić information content (AvgIpc) is 2.73. The number of nitrogens with one attached hydrogen (secondary N) is 1. The third kappa shape index (κ3) is 4.61. The Morgan fingerprint density at radius 3 is 2.20 bits per heavy atom. The van der Waals surface area contributed by atoms with Gasteiger partial charge in [0.05, 0.1) is 16.0 Å². The lowest BCUT2D eigenvalue weighted by Crippen LogP contribution is -3.00. The van der Waals surface area contributed by atoms with Crippen LogP contribution in [0.15, 0.2) is 94.9 Å². The van der Waals surface area contributed by atoms with Gasteiger partial charge in [-0.1, -0.05) is 48.0 Å². The van der Waals surface area contributed by atoms with Gasteiger partial charge in [0.25, 0.3) is 0 Å². The summed E-state index contributed by atoms with van der Waals surface area (Å²) in [6.07, 6.45) is 1.87. The molecule has 0 amide bonds. The fraction of sp³-hybridized carbons (Fsp3) is 0.0870. The zero-order valence-corrected chi connectivity index (χ0v) is 18.9. The molecule has 1 aromatic heterocycles. The predicted octanol–water partition coefficient (Wildman–Crippen LogP) is 2.20. The number of aromatic nitrogens is 1. The number of pyridine rings is 1. The molecule has 1 heterocycles. The Bertz CT molecular complexity index is 1280. The number of hydrogen-bond acceptors (Lipinski definition) is 4. The molecule has 4 rings (SSSR count). The van der Waals surface area contributed by atoms with Gasteiger partial charge in [0, 0.05) is 22.5 Å². The highest BCUT2D eigenvalue weighted by Gasteiger charge is 2.23. The summed E-state index contributed by atoms with van der Waals surface area (Å²) < 4.78 is 28.0. The zero-order chi connectivity index (χ0) is 20.4. The van der Waals surface area contributed by atoms with Crippen LogP contribution in [0.3, 0.4) is 0 Å². The fourth-order valence-electron chi connectivity index (χ4n) is 3.16. The van der Waals surface area contributed by atoms with Crippen molar-refractivity contribution in [2.24, 2.45) is 7.05 Å². The molecule has 7 heteroatoms. The first-order valence-electron chi connectivity index (χ1n) is 9.19. The van der Waals surface area contributed by atoms with Gasteiger partial charge in [-0.15, -0.1) is 0 Å². The number of rotatable bonds is 5. The molecule has 0 saturated heterocycles. The standard InChI is InChI=1S/C23H20N2O2S2.ClH/c1-17-12-14-18(15-13-17)24-23-20-10-6-7-11-21(20)25(2)16-22(23)28-29(26,27)19-8-4-3-5-9-19;/h3-16H,1-2H3;1H. The van der Waals surface area contributed by atoms with Crippen LogP contribution in [0.25, 0.3) is 10.9 Å². The minimum atomic E-state index is -3.56. The van der Waals surface area contributed by atoms with Crippen molar-refractivity contribution >= 4 is 41.9 Å². The lowest BCUT2D eigenvalue weighted by molar-refractivity contribution is -0.646. The lowest BCUT2D eigenvalue weighted by atomic mass is 10.1. The van der Waals surface area contributed by atoms with Crippen molar-refractivity contribution in [2.45, 2.75) is 16.7 Å². The molecule has 30 heavy (non-hydrogen) atoms. The molecule has 4 aromatic rings. The third-order valence-corrected chi connectivity index (χ3v) is 8.00. The Morgan fingerprint density at radius 2 is 1.50 bits per heavy atom. The van der Waals surface area contributed by atoms with Crippen molar-refractivity contribution in [1.29, 1.82) is 0 Å². The molecule has 154 valence electrons. The maximum absolute atomic E-state index is 13.0. The number of halogens is 1. The average molecular weight is 457 g/mol. The van der Waals surface area contributed by atoms with Crippen LogP contribution in [0, 0.1) is 6.92 Å². The van der Waals surface area contributed by atoms with Crippen LogP contribution in [0.1, 0.15) is 5.56 Å². The van der Waals surface area contributed by atoms with Crippen molar-refractivity contribution in [2.75, 3.05) is 5.32 Å². The van der Waals surface area contributed by atoms with Gasteiger partial charge >= 0.3 is 0 Å². The molecular weight excluding hydrogens is 436 g/mol. The predicted molar refractivity (Wildman–Crippen MR) is 119 cm³/mol. The van der Waals surface area contributed by atoms with Crippen molar-refractivity contribution in [3.05, 3.63) is 90.6 Å². The largest absolute Gasteiger partial charge is 1.00 e. The fourth-order valence-corrected chi connectivity index (χ4v) is 6.14. The van der Waals surface area contributed by atoms with Gasteiger partial charge in [-0.3, -0.25) is 0 Å². The molecule has 0 radical (unpaired) electrons. The van der Waals surface area contributed by atoms with Crippen LogP contribution in [0.2, 0.25) is 0 Å². The number of anilines is 2. The van der Waals surface area contributed by atoms with Gasteiger partial charge in [-0.25, -0.2) is 8.42 Å². The molecule has 0 unspecified atom stereocenters. The van der Waals surface area contributed by atoms with Crippen molar-refractivity contribution in [3.8, 4) is 0 Å². The SMILES string of the molecule is Cc1ccc(Nc2c(SS(=O)(=O)c3ccccc3)c[n+](C)c3ccccc23)cc1.[Cl-]. The summed E-state index contributed by atoms with van der Waals surface area (Å²) in [6.45, 7) is 2.04. The monoisotopic (exact) mass is 456 g/mol. The van der Waals surface area contributed by atoms with E-state index in [1.165, 1.54) is 5.56 Å². The summed E-state index contributed by atoms with van der Waals surface area (Å²) >= 11 is 0. The normalized spacial score (nSPS) is 11.1. The molecule has 0 aliphatic rings. The maximum atomic E-state index is 13.0. The minimum Gasteiger partial charge on any atom is -1.00 e. The second-order valence-electron chi connectivity index (χ2n) is 6.84. The summed E-state index contributed by atoms with van der Waals surface area (Å²) in [5.74, 6) is 0. The van der Waals surface area contributed by atoms with Crippen LogP contribution in [-0.2, 0) is 15.9 Å². The van der Waals surface area contributed by atoms with E-state index in [-0.39, 0.29) is 12.4 Å². The van der Waals surface area contributed by atoms with Crippen LogP contribution in [0.5, 0.6) is 0 Å². The summed E-state index contributed by atoms with van der Waals surface area (Å²) in [6, 6.07) is 24.5. The third-order valence-electron chi connectivity index (χ3n) is 4.66. The summed E-state index contributed by atoms with van der Waals surface area (Å²) in [4.78, 5) is 0.942. The number of hydrogen-bond donors (Lipinski definition) is 1. The highest BCUT2D eigenvalue weighted by atomic mass is 35.5. The van der Waals surface area contributed by atoms with Crippen LogP contribution >= 0.6 is 10.8 Å². The number of para-hydroxylation sites is 1. The van der Waals surface area contributed by atoms with E-state index in [0.29, 0.717) is 9.79 Å². The molecule has 0 atom stereocenters. The summed E-state index contributed by atoms with van der Waals surface area (Å²) in [5, 5.41) is 4.41. The highest BCUT2D eigenvalue weighted by molar-refractivity contribution is 8.72. The quantitative estimate of drug-likeness (QED) is 0.369. The molecule has 4 nitrogen and oxygen atoms in total. The second kappa shape index (κ2) is 9.08. The number of fused-ring (bicyclic) bond motifs is 1. The molecule has 3 aromatic carbocycles. The number of nitrogens with zero attached hydrogens (tertiary/aromatic N) is 1. The Labute approximate surface area is 186 Å². The van der Waals surface area contributed by atoms with E-state index in [1.807, 2.05) is 79.3 Å². The van der Waals surface area contributed by atoms with Gasteiger partial charge < -0.3 is 17.7 Å². The highest BCUT2D eigenvalue weighted by Crippen LogP contribution is 2.39. The van der Waals surface area contributed by atoms with Gasteiger partial charge in [0.2, 0.25) is 14.4 Å². The van der Waals surface area contributed by atoms with E-state index < -0.39 is 8.87 Å². The lowest BCUT2D eigenvalue weighted by Gasteiger charge is -2.14. The van der Waals surface area contributed by atoms with Gasteiger partial charge in [0.15, 0.2) is 6.20 Å². The van der Waals surface area contributed by atoms with E-state index in [2.05, 4.69) is 5.32 Å². The maximum Gasteiger partial charge on any atom is 0.234 e. The van der Waals surface area contributed by atoms with E-state index in [0.717, 1.165) is 33.1 Å². The zero-order valence-electron chi connectivity index (χ0n) is 16.5. The van der Waals surface area contributed by atoms with E-state index in [4.69, 9.17) is 0 Å².